The van der Waals surface area contributed by atoms with E-state index < -0.39 is 6.04 Å². The number of hydrogen-bond acceptors (Lipinski definition) is 7. The van der Waals surface area contributed by atoms with E-state index in [9.17, 15) is 4.79 Å². The molecule has 0 aliphatic rings. The van der Waals surface area contributed by atoms with Crippen LogP contribution >= 0.6 is 0 Å². The summed E-state index contributed by atoms with van der Waals surface area (Å²) in [6.07, 6.45) is 0. The van der Waals surface area contributed by atoms with Crippen LogP contribution in [0.25, 0.3) is 22.6 Å². The first kappa shape index (κ1) is 20.5. The lowest BCUT2D eigenvalue weighted by atomic mass is 10.0. The third-order valence-corrected chi connectivity index (χ3v) is 4.98. The second-order valence-electron chi connectivity index (χ2n) is 7.56. The van der Waals surface area contributed by atoms with E-state index >= 15 is 0 Å². The Morgan fingerprint density at radius 3 is 2.35 bits per heavy atom. The molecule has 2 heterocycles. The smallest absolute Gasteiger partial charge is 0.328 e. The molecular formula is C23H24N6O2. The first-order valence-electron chi connectivity index (χ1n) is 10.1. The third-order valence-electron chi connectivity index (χ3n) is 4.98. The second-order valence-corrected chi connectivity index (χ2v) is 7.56. The maximum Gasteiger partial charge on any atom is 0.328 e. The number of anilines is 1. The molecule has 31 heavy (non-hydrogen) atoms. The molecule has 0 saturated heterocycles. The minimum Gasteiger partial charge on any atom is -0.467 e. The van der Waals surface area contributed by atoms with Crippen molar-refractivity contribution >= 4 is 23.0 Å². The van der Waals surface area contributed by atoms with Crippen LogP contribution in [0.2, 0.25) is 0 Å². The summed E-state index contributed by atoms with van der Waals surface area (Å²) in [4.78, 5) is 21.8. The molecule has 0 spiro atoms. The van der Waals surface area contributed by atoms with Gasteiger partial charge in [-0.25, -0.2) is 19.4 Å². The minimum atomic E-state index is -0.578. The summed E-state index contributed by atoms with van der Waals surface area (Å²) in [5, 5.41) is 11.8. The Balaban J connectivity index is 1.83. The zero-order valence-corrected chi connectivity index (χ0v) is 17.7. The quantitative estimate of drug-likeness (QED) is 0.460. The van der Waals surface area contributed by atoms with Crippen LogP contribution < -0.4 is 5.32 Å². The molecular weight excluding hydrogens is 392 g/mol. The van der Waals surface area contributed by atoms with Gasteiger partial charge in [0.15, 0.2) is 22.8 Å². The maximum atomic E-state index is 12.3. The molecule has 4 rings (SSSR count). The van der Waals surface area contributed by atoms with Gasteiger partial charge in [-0.2, -0.15) is 0 Å². The molecule has 8 heteroatoms. The lowest BCUT2D eigenvalue weighted by Crippen LogP contribution is -2.36. The van der Waals surface area contributed by atoms with Gasteiger partial charge in [0, 0.05) is 5.56 Å². The largest absolute Gasteiger partial charge is 0.467 e. The number of hydrogen-bond donors (Lipinski definition) is 1. The highest BCUT2D eigenvalue weighted by Crippen LogP contribution is 2.25. The molecule has 2 aromatic carbocycles. The standard InChI is InChI=1S/C23H24N6O2/c1-15(2)18(23(30)31-3)24-21-19-22(26-20(25-21)17-12-8-5-9-13-17)29(28-27-19)14-16-10-6-4-7-11-16/h4-13,15,18H,14H2,1-3H3,(H,24,25,26). The number of methoxy groups -OCH3 is 1. The molecule has 2 aromatic heterocycles. The number of benzene rings is 2. The van der Waals surface area contributed by atoms with Gasteiger partial charge in [-0.3, -0.25) is 0 Å². The van der Waals surface area contributed by atoms with Crippen LogP contribution in [0.4, 0.5) is 5.82 Å². The van der Waals surface area contributed by atoms with Gasteiger partial charge in [0.05, 0.1) is 13.7 Å². The normalized spacial score (nSPS) is 12.1. The van der Waals surface area contributed by atoms with Crippen molar-refractivity contribution in [3.63, 3.8) is 0 Å². The van der Waals surface area contributed by atoms with Crippen LogP contribution in [0.15, 0.2) is 60.7 Å². The lowest BCUT2D eigenvalue weighted by Gasteiger charge is -2.20. The number of carbonyl (C=O) groups excluding carboxylic acids is 1. The highest BCUT2D eigenvalue weighted by molar-refractivity contribution is 5.88. The van der Waals surface area contributed by atoms with Gasteiger partial charge in [0.25, 0.3) is 0 Å². The van der Waals surface area contributed by atoms with Gasteiger partial charge in [-0.05, 0) is 11.5 Å². The van der Waals surface area contributed by atoms with E-state index in [1.807, 2.05) is 74.5 Å². The van der Waals surface area contributed by atoms with Gasteiger partial charge in [-0.1, -0.05) is 79.7 Å². The topological polar surface area (TPSA) is 94.8 Å². The molecule has 0 amide bonds. The molecule has 0 bridgehead atoms. The fourth-order valence-electron chi connectivity index (χ4n) is 3.31. The number of carbonyl (C=O) groups is 1. The Morgan fingerprint density at radius 1 is 1.03 bits per heavy atom. The molecule has 4 aromatic rings. The number of ether oxygens (including phenoxy) is 1. The summed E-state index contributed by atoms with van der Waals surface area (Å²) in [6.45, 7) is 4.40. The summed E-state index contributed by atoms with van der Waals surface area (Å²) in [5.74, 6) is 0.601. The van der Waals surface area contributed by atoms with Crippen molar-refractivity contribution in [1.82, 2.24) is 25.0 Å². The molecule has 0 radical (unpaired) electrons. The summed E-state index contributed by atoms with van der Waals surface area (Å²) < 4.78 is 6.71. The fraction of sp³-hybridized carbons (Fsp3) is 0.261. The van der Waals surface area contributed by atoms with E-state index in [0.717, 1.165) is 11.1 Å². The van der Waals surface area contributed by atoms with Crippen LogP contribution in [0, 0.1) is 5.92 Å². The Morgan fingerprint density at radius 2 is 1.71 bits per heavy atom. The predicted octanol–water partition coefficient (Wildman–Crippen LogP) is 3.55. The van der Waals surface area contributed by atoms with Crippen LogP contribution in [-0.2, 0) is 16.1 Å². The SMILES string of the molecule is COC(=O)C(Nc1nc(-c2ccccc2)nc2c1nnn2Cc1ccccc1)C(C)C. The highest BCUT2D eigenvalue weighted by atomic mass is 16.5. The van der Waals surface area contributed by atoms with E-state index in [1.165, 1.54) is 7.11 Å². The van der Waals surface area contributed by atoms with Gasteiger partial charge in [-0.15, -0.1) is 5.10 Å². The maximum absolute atomic E-state index is 12.3. The number of nitrogens with zero attached hydrogens (tertiary/aromatic N) is 5. The third kappa shape index (κ3) is 4.37. The molecule has 1 atom stereocenters. The van der Waals surface area contributed by atoms with Crippen molar-refractivity contribution in [2.24, 2.45) is 5.92 Å². The van der Waals surface area contributed by atoms with Crippen LogP contribution in [0.1, 0.15) is 19.4 Å². The molecule has 158 valence electrons. The van der Waals surface area contributed by atoms with Crippen LogP contribution in [0.5, 0.6) is 0 Å². The van der Waals surface area contributed by atoms with Crippen LogP contribution in [0.3, 0.4) is 0 Å². The van der Waals surface area contributed by atoms with Gasteiger partial charge >= 0.3 is 5.97 Å². The van der Waals surface area contributed by atoms with Gasteiger partial charge in [0.2, 0.25) is 0 Å². The number of fused-ring (bicyclic) bond motifs is 1. The summed E-state index contributed by atoms with van der Waals surface area (Å²) >= 11 is 0. The van der Waals surface area contributed by atoms with Crippen molar-refractivity contribution in [1.29, 1.82) is 0 Å². The summed E-state index contributed by atoms with van der Waals surface area (Å²) in [6, 6.07) is 19.1. The molecule has 0 aliphatic carbocycles. The Labute approximate surface area is 180 Å². The van der Waals surface area contributed by atoms with E-state index in [1.54, 1.807) is 4.68 Å². The molecule has 1 N–H and O–H groups in total. The number of aromatic nitrogens is 5. The van der Waals surface area contributed by atoms with E-state index in [-0.39, 0.29) is 11.9 Å². The first-order chi connectivity index (χ1) is 15.1. The Hall–Kier alpha value is -3.81. The van der Waals surface area contributed by atoms with Crippen molar-refractivity contribution < 1.29 is 9.53 Å². The van der Waals surface area contributed by atoms with Crippen molar-refractivity contribution in [3.8, 4) is 11.4 Å². The monoisotopic (exact) mass is 416 g/mol. The number of nitrogens with one attached hydrogen (secondary N) is 1. The number of esters is 1. The second kappa shape index (κ2) is 8.91. The van der Waals surface area contributed by atoms with E-state index in [2.05, 4.69) is 20.6 Å². The lowest BCUT2D eigenvalue weighted by molar-refractivity contribution is -0.142. The molecule has 0 saturated carbocycles. The minimum absolute atomic E-state index is 0.0167. The van der Waals surface area contributed by atoms with E-state index in [4.69, 9.17) is 9.72 Å². The first-order valence-corrected chi connectivity index (χ1v) is 10.1. The molecule has 0 fully saturated rings. The Kier molecular flexibility index (Phi) is 5.88. The van der Waals surface area contributed by atoms with Gasteiger partial charge < -0.3 is 10.1 Å². The van der Waals surface area contributed by atoms with Crippen molar-refractivity contribution in [2.75, 3.05) is 12.4 Å². The fourth-order valence-corrected chi connectivity index (χ4v) is 3.31. The summed E-state index contributed by atoms with van der Waals surface area (Å²) in [5.41, 5.74) is 3.04. The van der Waals surface area contributed by atoms with E-state index in [0.29, 0.717) is 29.4 Å². The average Bonchev–Trinajstić information content (AvgIpc) is 3.20. The summed E-state index contributed by atoms with van der Waals surface area (Å²) in [7, 11) is 1.38. The Bertz CT molecular complexity index is 1170. The average molecular weight is 416 g/mol. The van der Waals surface area contributed by atoms with Crippen molar-refractivity contribution in [2.45, 2.75) is 26.4 Å². The molecule has 0 aliphatic heterocycles. The zero-order valence-electron chi connectivity index (χ0n) is 17.7. The predicted molar refractivity (Wildman–Crippen MR) is 118 cm³/mol. The van der Waals surface area contributed by atoms with Crippen molar-refractivity contribution in [3.05, 3.63) is 66.2 Å². The number of rotatable bonds is 7. The highest BCUT2D eigenvalue weighted by Gasteiger charge is 2.26. The zero-order chi connectivity index (χ0) is 21.8. The van der Waals surface area contributed by atoms with Gasteiger partial charge in [0.1, 0.15) is 6.04 Å². The molecule has 8 nitrogen and oxygen atoms in total. The van der Waals surface area contributed by atoms with Crippen LogP contribution in [-0.4, -0.2) is 44.1 Å². The molecule has 1 unspecified atom stereocenters.